The number of likely N-dealkylation sites (tertiary alicyclic amines) is 1. The van der Waals surface area contributed by atoms with Crippen LogP contribution in [0.2, 0.25) is 0 Å². The summed E-state index contributed by atoms with van der Waals surface area (Å²) < 4.78 is 53.6. The minimum Gasteiger partial charge on any atom is -0.368 e. The van der Waals surface area contributed by atoms with Gasteiger partial charge in [0.15, 0.2) is 6.04 Å². The van der Waals surface area contributed by atoms with Crippen LogP contribution in [0.1, 0.15) is 46.4 Å². The van der Waals surface area contributed by atoms with E-state index in [2.05, 4.69) is 10.3 Å². The van der Waals surface area contributed by atoms with Gasteiger partial charge in [-0.25, -0.2) is 9.37 Å². The van der Waals surface area contributed by atoms with Gasteiger partial charge in [-0.05, 0) is 34.8 Å². The van der Waals surface area contributed by atoms with E-state index in [4.69, 9.17) is 5.73 Å². The molecule has 2 fully saturated rings. The average Bonchev–Trinajstić information content (AvgIpc) is 3.17. The quantitative estimate of drug-likeness (QED) is 0.433. The normalized spacial score (nSPS) is 23.0. The summed E-state index contributed by atoms with van der Waals surface area (Å²) in [6.07, 6.45) is -4.34. The fraction of sp³-hybridized carbons (Fsp3) is 0.538. The zero-order valence-corrected chi connectivity index (χ0v) is 22.9. The maximum Gasteiger partial charge on any atom is 0.471 e. The Morgan fingerprint density at radius 2 is 1.76 bits per heavy atom. The van der Waals surface area contributed by atoms with Crippen LogP contribution in [0.15, 0.2) is 29.2 Å². The van der Waals surface area contributed by atoms with Crippen LogP contribution in [0.3, 0.4) is 0 Å². The van der Waals surface area contributed by atoms with Gasteiger partial charge in [0.25, 0.3) is 5.56 Å². The largest absolute Gasteiger partial charge is 0.471 e. The topological polar surface area (TPSA) is 156 Å². The Labute approximate surface area is 231 Å². The number of nitrogens with zero attached hydrogens (tertiary/aromatic N) is 3. The third-order valence-corrected chi connectivity index (χ3v) is 7.92. The molecule has 1 saturated heterocycles. The lowest BCUT2D eigenvalue weighted by Gasteiger charge is -2.38. The monoisotopic (exact) mass is 582 g/mol. The first-order valence-corrected chi connectivity index (χ1v) is 12.7. The zero-order valence-electron chi connectivity index (χ0n) is 22.9. The molecule has 1 saturated carbocycles. The molecule has 2 aromatic heterocycles. The van der Waals surface area contributed by atoms with E-state index in [1.165, 1.54) is 26.8 Å². The summed E-state index contributed by atoms with van der Waals surface area (Å²) in [5.74, 6) is -6.39. The highest BCUT2D eigenvalue weighted by atomic mass is 19.4. The smallest absolute Gasteiger partial charge is 0.368 e. The molecule has 1 aliphatic carbocycles. The molecule has 4 N–H and O–H groups in total. The molecule has 4 rings (SSSR count). The molecule has 1 unspecified atom stereocenters. The number of nitrogens with two attached hydrogens (primary N) is 1. The molecule has 0 bridgehead atoms. The van der Waals surface area contributed by atoms with Gasteiger partial charge in [-0.15, -0.1) is 0 Å². The van der Waals surface area contributed by atoms with E-state index >= 15 is 0 Å². The van der Waals surface area contributed by atoms with E-state index in [0.717, 1.165) is 27.6 Å². The number of hydrogen-bond acceptors (Lipinski definition) is 6. The third-order valence-electron chi connectivity index (χ3n) is 7.92. The molecule has 3 heterocycles. The summed E-state index contributed by atoms with van der Waals surface area (Å²) in [7, 11) is 0. The molecular weight excluding hydrogens is 552 g/mol. The molecule has 15 heteroatoms. The first-order valence-electron chi connectivity index (χ1n) is 12.7. The number of piperidine rings is 1. The molecule has 5 atom stereocenters. The Bertz CT molecular complexity index is 1500. The number of nitrogens with one attached hydrogen (secondary N) is 2. The number of carbonyl (C=O) groups excluding carboxylic acids is 4. The summed E-state index contributed by atoms with van der Waals surface area (Å²) in [5.41, 5.74) is 2.96. The van der Waals surface area contributed by atoms with Gasteiger partial charge >= 0.3 is 12.1 Å². The van der Waals surface area contributed by atoms with Crippen molar-refractivity contribution in [2.45, 2.75) is 58.9 Å². The lowest BCUT2D eigenvalue weighted by Crippen LogP contribution is -2.61. The number of amides is 4. The van der Waals surface area contributed by atoms with Crippen LogP contribution in [-0.2, 0) is 19.2 Å². The lowest BCUT2D eigenvalue weighted by molar-refractivity contribution is -0.176. The van der Waals surface area contributed by atoms with Crippen molar-refractivity contribution in [3.8, 4) is 0 Å². The van der Waals surface area contributed by atoms with E-state index in [9.17, 15) is 41.5 Å². The van der Waals surface area contributed by atoms with E-state index in [0.29, 0.717) is 0 Å². The number of rotatable bonds is 6. The summed E-state index contributed by atoms with van der Waals surface area (Å²) in [5, 5.41) is 4.20. The highest BCUT2D eigenvalue weighted by Crippen LogP contribution is 2.65. The standard InChI is InChI=1S/C26H30F4N6O5/c1-24(2,3)19(34-23(41)26(28,29)30)22(40)36-10-12-16(25(12,4)5)18(36)21(39)33-17(20(31)38)13-8-15(37)35-9-11(27)6-7-14(35)32-13/h6-9,12,16-19H,10H2,1-5H3,(H2,31,38)(H,33,39)(H,34,41)/t12-,16-,17?,18-,19+/m0/s1. The van der Waals surface area contributed by atoms with E-state index in [1.807, 2.05) is 13.8 Å². The number of alkyl halides is 3. The highest BCUT2D eigenvalue weighted by Gasteiger charge is 2.70. The predicted octanol–water partition coefficient (Wildman–Crippen LogP) is 1.05. The van der Waals surface area contributed by atoms with Crippen molar-refractivity contribution in [1.29, 1.82) is 0 Å². The average molecular weight is 583 g/mol. The van der Waals surface area contributed by atoms with Crippen molar-refractivity contribution >= 4 is 29.3 Å². The molecule has 11 nitrogen and oxygen atoms in total. The van der Waals surface area contributed by atoms with Gasteiger partial charge in [0, 0.05) is 18.8 Å². The molecule has 0 aromatic carbocycles. The molecule has 0 spiro atoms. The number of hydrogen-bond donors (Lipinski definition) is 3. The van der Waals surface area contributed by atoms with Crippen LogP contribution in [-0.4, -0.2) is 62.7 Å². The molecule has 4 amide bonds. The fourth-order valence-corrected chi connectivity index (χ4v) is 5.60. The van der Waals surface area contributed by atoms with Crippen LogP contribution in [0.25, 0.3) is 5.65 Å². The minimum absolute atomic E-state index is 0.0242. The zero-order chi connectivity index (χ0) is 30.8. The molecular formula is C26H30F4N6O5. The van der Waals surface area contributed by atoms with Crippen molar-refractivity contribution in [3.05, 3.63) is 46.3 Å². The maximum absolute atomic E-state index is 13.7. The second-order valence-corrected chi connectivity index (χ2v) is 12.1. The second kappa shape index (κ2) is 9.80. The Morgan fingerprint density at radius 1 is 1.12 bits per heavy atom. The van der Waals surface area contributed by atoms with Crippen LogP contribution in [0.5, 0.6) is 0 Å². The Kier molecular flexibility index (Phi) is 7.16. The van der Waals surface area contributed by atoms with Gasteiger partial charge in [-0.1, -0.05) is 34.6 Å². The van der Waals surface area contributed by atoms with Crippen molar-refractivity contribution < 1.29 is 36.7 Å². The molecule has 2 aliphatic rings. The minimum atomic E-state index is -5.23. The van der Waals surface area contributed by atoms with Gasteiger partial charge < -0.3 is 21.3 Å². The Morgan fingerprint density at radius 3 is 2.32 bits per heavy atom. The maximum atomic E-state index is 13.7. The number of aromatic nitrogens is 2. The van der Waals surface area contributed by atoms with Gasteiger partial charge in [0.2, 0.25) is 17.7 Å². The predicted molar refractivity (Wildman–Crippen MR) is 135 cm³/mol. The number of primary amides is 1. The first-order chi connectivity index (χ1) is 18.7. The Hall–Kier alpha value is -4.04. The molecule has 2 aromatic rings. The molecule has 1 aliphatic heterocycles. The van der Waals surface area contributed by atoms with Gasteiger partial charge in [-0.3, -0.25) is 28.4 Å². The van der Waals surface area contributed by atoms with Crippen LogP contribution >= 0.6 is 0 Å². The third kappa shape index (κ3) is 5.48. The van der Waals surface area contributed by atoms with Crippen LogP contribution in [0, 0.1) is 28.5 Å². The summed E-state index contributed by atoms with van der Waals surface area (Å²) in [6, 6.07) is -1.31. The van der Waals surface area contributed by atoms with Crippen molar-refractivity contribution in [2.75, 3.05) is 6.54 Å². The van der Waals surface area contributed by atoms with Gasteiger partial charge in [0.05, 0.1) is 5.69 Å². The van der Waals surface area contributed by atoms with E-state index in [-0.39, 0.29) is 23.8 Å². The fourth-order valence-electron chi connectivity index (χ4n) is 5.60. The first kappa shape index (κ1) is 29.9. The molecule has 41 heavy (non-hydrogen) atoms. The number of carbonyl (C=O) groups is 4. The number of pyridine rings is 1. The number of halogens is 4. The van der Waals surface area contributed by atoms with E-state index in [1.54, 1.807) is 5.32 Å². The van der Waals surface area contributed by atoms with E-state index < -0.39 is 76.1 Å². The van der Waals surface area contributed by atoms with Crippen LogP contribution in [0.4, 0.5) is 17.6 Å². The van der Waals surface area contributed by atoms with Gasteiger partial charge in [0.1, 0.15) is 23.5 Å². The lowest BCUT2D eigenvalue weighted by atomic mass is 9.85. The van der Waals surface area contributed by atoms with Crippen molar-refractivity contribution in [2.24, 2.45) is 28.4 Å². The highest BCUT2D eigenvalue weighted by molar-refractivity contribution is 5.96. The summed E-state index contributed by atoms with van der Waals surface area (Å²) >= 11 is 0. The number of fused-ring (bicyclic) bond motifs is 2. The second-order valence-electron chi connectivity index (χ2n) is 12.1. The summed E-state index contributed by atoms with van der Waals surface area (Å²) in [4.78, 5) is 69.3. The summed E-state index contributed by atoms with van der Waals surface area (Å²) in [6.45, 7) is 8.19. The Balaban J connectivity index is 1.66. The van der Waals surface area contributed by atoms with Gasteiger partial charge in [-0.2, -0.15) is 13.2 Å². The molecule has 0 radical (unpaired) electrons. The van der Waals surface area contributed by atoms with Crippen LogP contribution < -0.4 is 21.9 Å². The van der Waals surface area contributed by atoms with Crippen molar-refractivity contribution in [1.82, 2.24) is 24.9 Å². The SMILES string of the molecule is CC(C)(C)[C@H](NC(=O)C(F)(F)F)C(=O)N1C[C@H]2[C@@H]([C@H]1C(=O)NC(C(N)=O)c1cc(=O)n3cc(F)ccc3n1)C2(C)C. The molecule has 222 valence electrons. The van der Waals surface area contributed by atoms with Crippen molar-refractivity contribution in [3.63, 3.8) is 0 Å².